The molecule has 1 atom stereocenters. The predicted molar refractivity (Wildman–Crippen MR) is 70.5 cm³/mol. The molecule has 16 heavy (non-hydrogen) atoms. The first-order valence-electron chi connectivity index (χ1n) is 5.04. The van der Waals surface area contributed by atoms with E-state index < -0.39 is 5.97 Å². The predicted octanol–water partition coefficient (Wildman–Crippen LogP) is 3.06. The number of aromatic carboxylic acids is 1. The Hall–Kier alpha value is -0.680. The Labute approximate surface area is 107 Å². The first kappa shape index (κ1) is 11.8. The molecule has 0 saturated carbocycles. The number of carboxylic acids is 1. The SMILES string of the molecule is O=C(O)c1ccc(NC2CCSC2)cc1Br. The van der Waals surface area contributed by atoms with E-state index in [1.165, 1.54) is 12.2 Å². The summed E-state index contributed by atoms with van der Waals surface area (Å²) in [5.41, 5.74) is 1.27. The summed E-state index contributed by atoms with van der Waals surface area (Å²) in [7, 11) is 0. The zero-order chi connectivity index (χ0) is 11.5. The molecule has 3 nitrogen and oxygen atoms in total. The normalized spacial score (nSPS) is 19.7. The van der Waals surface area contributed by atoms with Gasteiger partial charge < -0.3 is 10.4 Å². The van der Waals surface area contributed by atoms with Gasteiger partial charge in [0.05, 0.1) is 5.56 Å². The van der Waals surface area contributed by atoms with Gasteiger partial charge in [-0.15, -0.1) is 0 Å². The van der Waals surface area contributed by atoms with Crippen molar-refractivity contribution in [1.82, 2.24) is 0 Å². The van der Waals surface area contributed by atoms with Crippen molar-refractivity contribution in [3.05, 3.63) is 28.2 Å². The molecule has 2 rings (SSSR count). The van der Waals surface area contributed by atoms with Gasteiger partial charge in [-0.1, -0.05) is 0 Å². The summed E-state index contributed by atoms with van der Waals surface area (Å²) in [6, 6.07) is 5.77. The van der Waals surface area contributed by atoms with Crippen LogP contribution in [0.15, 0.2) is 22.7 Å². The Kier molecular flexibility index (Phi) is 3.76. The number of halogens is 1. The zero-order valence-electron chi connectivity index (χ0n) is 8.57. The summed E-state index contributed by atoms with van der Waals surface area (Å²) >= 11 is 5.22. The summed E-state index contributed by atoms with van der Waals surface area (Å²) in [4.78, 5) is 10.8. The number of thioether (sulfide) groups is 1. The van der Waals surface area contributed by atoms with Gasteiger partial charge in [0.15, 0.2) is 0 Å². The summed E-state index contributed by atoms with van der Waals surface area (Å²) in [6.07, 6.45) is 1.17. The lowest BCUT2D eigenvalue weighted by Crippen LogP contribution is -2.18. The molecule has 0 spiro atoms. The number of carboxylic acid groups (broad SMARTS) is 1. The van der Waals surface area contributed by atoms with E-state index in [1.54, 1.807) is 6.07 Å². The van der Waals surface area contributed by atoms with Crippen molar-refractivity contribution in [2.24, 2.45) is 0 Å². The van der Waals surface area contributed by atoms with Crippen LogP contribution >= 0.6 is 27.7 Å². The molecule has 0 radical (unpaired) electrons. The molecular weight excluding hydrogens is 290 g/mol. The van der Waals surface area contributed by atoms with Gasteiger partial charge in [0.25, 0.3) is 0 Å². The minimum atomic E-state index is -0.908. The van der Waals surface area contributed by atoms with Crippen molar-refractivity contribution in [3.8, 4) is 0 Å². The van der Waals surface area contributed by atoms with Crippen molar-refractivity contribution in [2.45, 2.75) is 12.5 Å². The molecule has 1 heterocycles. The van der Waals surface area contributed by atoms with E-state index in [4.69, 9.17) is 5.11 Å². The van der Waals surface area contributed by atoms with E-state index >= 15 is 0 Å². The highest BCUT2D eigenvalue weighted by atomic mass is 79.9. The number of hydrogen-bond donors (Lipinski definition) is 2. The maximum absolute atomic E-state index is 10.8. The molecule has 1 aromatic carbocycles. The number of hydrogen-bond acceptors (Lipinski definition) is 3. The van der Waals surface area contributed by atoms with Gasteiger partial charge in [0.1, 0.15) is 0 Å². The third-order valence-electron chi connectivity index (χ3n) is 2.50. The first-order valence-corrected chi connectivity index (χ1v) is 6.98. The quantitative estimate of drug-likeness (QED) is 0.901. The Morgan fingerprint density at radius 3 is 2.94 bits per heavy atom. The van der Waals surface area contributed by atoms with Crippen LogP contribution in [0.3, 0.4) is 0 Å². The van der Waals surface area contributed by atoms with Crippen LogP contribution in [0.25, 0.3) is 0 Å². The molecule has 1 unspecified atom stereocenters. The van der Waals surface area contributed by atoms with Crippen LogP contribution in [0.2, 0.25) is 0 Å². The lowest BCUT2D eigenvalue weighted by atomic mass is 10.2. The summed E-state index contributed by atoms with van der Waals surface area (Å²) < 4.78 is 0.621. The molecule has 1 fully saturated rings. The van der Waals surface area contributed by atoms with Crippen molar-refractivity contribution < 1.29 is 9.90 Å². The second-order valence-electron chi connectivity index (χ2n) is 3.70. The number of carbonyl (C=O) groups is 1. The third kappa shape index (κ3) is 2.71. The van der Waals surface area contributed by atoms with Crippen LogP contribution in [0.5, 0.6) is 0 Å². The lowest BCUT2D eigenvalue weighted by molar-refractivity contribution is 0.0696. The Balaban J connectivity index is 2.11. The van der Waals surface area contributed by atoms with Crippen molar-refractivity contribution in [2.75, 3.05) is 16.8 Å². The van der Waals surface area contributed by atoms with Gasteiger partial charge in [-0.05, 0) is 46.3 Å². The van der Waals surface area contributed by atoms with E-state index in [-0.39, 0.29) is 0 Å². The van der Waals surface area contributed by atoms with Crippen LogP contribution in [0.1, 0.15) is 16.8 Å². The maximum atomic E-state index is 10.8. The van der Waals surface area contributed by atoms with Crippen molar-refractivity contribution in [3.63, 3.8) is 0 Å². The topological polar surface area (TPSA) is 49.3 Å². The number of anilines is 1. The molecular formula is C11H12BrNO2S. The zero-order valence-corrected chi connectivity index (χ0v) is 11.0. The summed E-state index contributed by atoms with van der Waals surface area (Å²) in [5.74, 6) is 1.42. The van der Waals surface area contributed by atoms with Gasteiger partial charge in [0.2, 0.25) is 0 Å². The molecule has 2 N–H and O–H groups in total. The highest BCUT2D eigenvalue weighted by Gasteiger charge is 2.15. The largest absolute Gasteiger partial charge is 0.478 e. The lowest BCUT2D eigenvalue weighted by Gasteiger charge is -2.13. The molecule has 1 aliphatic heterocycles. The van der Waals surface area contributed by atoms with Gasteiger partial charge >= 0.3 is 5.97 Å². The fraction of sp³-hybridized carbons (Fsp3) is 0.364. The van der Waals surface area contributed by atoms with Gasteiger partial charge in [0, 0.05) is 22.0 Å². The average molecular weight is 302 g/mol. The number of rotatable bonds is 3. The molecule has 1 aromatic rings. The van der Waals surface area contributed by atoms with Crippen LogP contribution in [0.4, 0.5) is 5.69 Å². The Morgan fingerprint density at radius 1 is 1.56 bits per heavy atom. The molecule has 86 valence electrons. The van der Waals surface area contributed by atoms with Crippen molar-refractivity contribution >= 4 is 39.3 Å². The van der Waals surface area contributed by atoms with E-state index in [1.807, 2.05) is 23.9 Å². The molecule has 0 aromatic heterocycles. The summed E-state index contributed by atoms with van der Waals surface area (Å²) in [5, 5.41) is 12.3. The molecule has 1 aliphatic rings. The van der Waals surface area contributed by atoms with Gasteiger partial charge in [-0.2, -0.15) is 11.8 Å². The second kappa shape index (κ2) is 5.10. The van der Waals surface area contributed by atoms with Crippen LogP contribution < -0.4 is 5.32 Å². The van der Waals surface area contributed by atoms with E-state index in [0.29, 0.717) is 16.1 Å². The fourth-order valence-electron chi connectivity index (χ4n) is 1.66. The molecule has 0 bridgehead atoms. The molecule has 0 amide bonds. The van der Waals surface area contributed by atoms with E-state index in [2.05, 4.69) is 21.2 Å². The number of nitrogens with one attached hydrogen (secondary N) is 1. The van der Waals surface area contributed by atoms with Gasteiger partial charge in [-0.25, -0.2) is 4.79 Å². The smallest absolute Gasteiger partial charge is 0.336 e. The van der Waals surface area contributed by atoms with Gasteiger partial charge in [-0.3, -0.25) is 0 Å². The maximum Gasteiger partial charge on any atom is 0.336 e. The second-order valence-corrected chi connectivity index (χ2v) is 5.71. The average Bonchev–Trinajstić information content (AvgIpc) is 2.70. The standard InChI is InChI=1S/C11H12BrNO2S/c12-10-5-7(1-2-9(10)11(14)15)13-8-3-4-16-6-8/h1-2,5,8,13H,3-4,6H2,(H,14,15). The monoisotopic (exact) mass is 301 g/mol. The minimum absolute atomic E-state index is 0.298. The van der Waals surface area contributed by atoms with Crippen LogP contribution in [-0.4, -0.2) is 28.6 Å². The van der Waals surface area contributed by atoms with Crippen LogP contribution in [0, 0.1) is 0 Å². The first-order chi connectivity index (χ1) is 7.66. The highest BCUT2D eigenvalue weighted by molar-refractivity contribution is 9.10. The fourth-order valence-corrected chi connectivity index (χ4v) is 3.36. The molecule has 0 aliphatic carbocycles. The van der Waals surface area contributed by atoms with Crippen LogP contribution in [-0.2, 0) is 0 Å². The molecule has 5 heteroatoms. The Morgan fingerprint density at radius 2 is 2.38 bits per heavy atom. The molecule has 1 saturated heterocycles. The minimum Gasteiger partial charge on any atom is -0.478 e. The summed E-state index contributed by atoms with van der Waals surface area (Å²) in [6.45, 7) is 0. The van der Waals surface area contributed by atoms with E-state index in [0.717, 1.165) is 11.4 Å². The third-order valence-corrected chi connectivity index (χ3v) is 4.32. The number of benzene rings is 1. The highest BCUT2D eigenvalue weighted by Crippen LogP contribution is 2.25. The Bertz CT molecular complexity index is 405. The van der Waals surface area contributed by atoms with E-state index in [9.17, 15) is 4.79 Å². The van der Waals surface area contributed by atoms with Crippen molar-refractivity contribution in [1.29, 1.82) is 0 Å².